The molecule has 1 N–H and O–H groups in total. The summed E-state index contributed by atoms with van der Waals surface area (Å²) in [7, 11) is 0. The number of amidine groups is 1. The maximum absolute atomic E-state index is 4.74. The zero-order valence-corrected chi connectivity index (χ0v) is 12.7. The number of rotatable bonds is 3. The van der Waals surface area contributed by atoms with Crippen LogP contribution >= 0.6 is 11.8 Å². The van der Waals surface area contributed by atoms with Crippen molar-refractivity contribution in [2.75, 3.05) is 11.1 Å². The van der Waals surface area contributed by atoms with Crippen molar-refractivity contribution in [1.29, 1.82) is 0 Å². The molecule has 2 aromatic rings. The molecule has 2 heterocycles. The number of nitrogens with zero attached hydrogens (tertiary/aromatic N) is 2. The van der Waals surface area contributed by atoms with Crippen LogP contribution in [0.2, 0.25) is 0 Å². The fraction of sp³-hybridized carbons (Fsp3) is 0.375. The van der Waals surface area contributed by atoms with Crippen molar-refractivity contribution in [2.24, 2.45) is 10.9 Å². The summed E-state index contributed by atoms with van der Waals surface area (Å²) in [6, 6.07) is 10.7. The van der Waals surface area contributed by atoms with E-state index in [4.69, 9.17) is 4.99 Å². The summed E-state index contributed by atoms with van der Waals surface area (Å²) in [6.45, 7) is 4.50. The molecule has 1 atom stereocenters. The third-order valence-corrected chi connectivity index (χ3v) is 4.33. The lowest BCUT2D eigenvalue weighted by molar-refractivity contribution is 0.529. The Bertz CT molecular complexity index is 636. The first-order valence-electron chi connectivity index (χ1n) is 7.03. The number of aliphatic imine (C=N–C) groups is 1. The van der Waals surface area contributed by atoms with Crippen LogP contribution in [0.4, 0.5) is 5.69 Å². The Labute approximate surface area is 123 Å². The average Bonchev–Trinajstić information content (AvgIpc) is 2.85. The van der Waals surface area contributed by atoms with Crippen LogP contribution in [0.3, 0.4) is 0 Å². The van der Waals surface area contributed by atoms with Gasteiger partial charge < -0.3 is 5.32 Å². The van der Waals surface area contributed by atoms with Gasteiger partial charge in [0.25, 0.3) is 0 Å². The molecular formula is C16H19N3S. The zero-order chi connectivity index (χ0) is 13.9. The van der Waals surface area contributed by atoms with Crippen LogP contribution < -0.4 is 5.32 Å². The van der Waals surface area contributed by atoms with Crippen LogP contribution in [0.25, 0.3) is 10.9 Å². The van der Waals surface area contributed by atoms with Gasteiger partial charge in [-0.25, -0.2) is 0 Å². The van der Waals surface area contributed by atoms with Crippen LogP contribution in [0.15, 0.2) is 41.5 Å². The summed E-state index contributed by atoms with van der Waals surface area (Å²) in [6.07, 6.45) is 3.04. The fourth-order valence-electron chi connectivity index (χ4n) is 2.41. The van der Waals surface area contributed by atoms with Gasteiger partial charge in [-0.05, 0) is 24.5 Å². The maximum atomic E-state index is 4.74. The predicted molar refractivity (Wildman–Crippen MR) is 88.5 cm³/mol. The van der Waals surface area contributed by atoms with E-state index < -0.39 is 0 Å². The molecule has 1 aromatic carbocycles. The molecule has 0 aliphatic carbocycles. The summed E-state index contributed by atoms with van der Waals surface area (Å²) in [5, 5.41) is 5.56. The van der Waals surface area contributed by atoms with E-state index in [-0.39, 0.29) is 0 Å². The topological polar surface area (TPSA) is 37.3 Å². The minimum Gasteiger partial charge on any atom is -0.334 e. The van der Waals surface area contributed by atoms with Gasteiger partial charge in [-0.2, -0.15) is 0 Å². The molecule has 1 aliphatic heterocycles. The van der Waals surface area contributed by atoms with Gasteiger partial charge in [0.05, 0.1) is 23.4 Å². The Morgan fingerprint density at radius 1 is 1.35 bits per heavy atom. The van der Waals surface area contributed by atoms with Crippen molar-refractivity contribution >= 4 is 33.5 Å². The van der Waals surface area contributed by atoms with E-state index in [0.29, 0.717) is 12.0 Å². The molecule has 1 aliphatic rings. The Hall–Kier alpha value is -1.55. The largest absolute Gasteiger partial charge is 0.334 e. The lowest BCUT2D eigenvalue weighted by Gasteiger charge is -2.07. The maximum Gasteiger partial charge on any atom is 0.161 e. The van der Waals surface area contributed by atoms with Crippen LogP contribution in [-0.2, 0) is 0 Å². The minimum atomic E-state index is 0.455. The summed E-state index contributed by atoms with van der Waals surface area (Å²) in [5.41, 5.74) is 2.04. The van der Waals surface area contributed by atoms with E-state index in [1.54, 1.807) is 11.8 Å². The third-order valence-electron chi connectivity index (χ3n) is 3.30. The fourth-order valence-corrected chi connectivity index (χ4v) is 3.39. The van der Waals surface area contributed by atoms with Gasteiger partial charge in [0.15, 0.2) is 5.17 Å². The van der Waals surface area contributed by atoms with Gasteiger partial charge in [0.1, 0.15) is 0 Å². The molecule has 4 heteroatoms. The molecule has 20 heavy (non-hydrogen) atoms. The highest BCUT2D eigenvalue weighted by Gasteiger charge is 2.19. The van der Waals surface area contributed by atoms with E-state index in [0.717, 1.165) is 33.9 Å². The molecule has 1 unspecified atom stereocenters. The second-order valence-electron chi connectivity index (χ2n) is 5.57. The zero-order valence-electron chi connectivity index (χ0n) is 11.8. The van der Waals surface area contributed by atoms with Crippen molar-refractivity contribution < 1.29 is 0 Å². The number of fused-ring (bicyclic) bond motifs is 1. The van der Waals surface area contributed by atoms with E-state index in [1.165, 1.54) is 0 Å². The van der Waals surface area contributed by atoms with Gasteiger partial charge in [-0.1, -0.05) is 43.8 Å². The number of anilines is 1. The van der Waals surface area contributed by atoms with E-state index in [2.05, 4.69) is 36.3 Å². The number of pyridine rings is 1. The molecule has 1 aromatic heterocycles. The van der Waals surface area contributed by atoms with Crippen molar-refractivity contribution in [2.45, 2.75) is 26.3 Å². The predicted octanol–water partition coefficient (Wildman–Crippen LogP) is 4.16. The molecule has 0 radical (unpaired) electrons. The quantitative estimate of drug-likeness (QED) is 0.920. The van der Waals surface area contributed by atoms with E-state index in [9.17, 15) is 0 Å². The lowest BCUT2D eigenvalue weighted by atomic mass is 10.1. The van der Waals surface area contributed by atoms with Crippen molar-refractivity contribution in [1.82, 2.24) is 4.98 Å². The summed E-state index contributed by atoms with van der Waals surface area (Å²) in [5.74, 6) is 1.78. The molecule has 3 nitrogen and oxygen atoms in total. The number of thioether (sulfide) groups is 1. The average molecular weight is 285 g/mol. The first-order valence-corrected chi connectivity index (χ1v) is 8.01. The lowest BCUT2D eigenvalue weighted by Crippen LogP contribution is -2.08. The first kappa shape index (κ1) is 13.4. The van der Waals surface area contributed by atoms with Gasteiger partial charge in [0.2, 0.25) is 0 Å². The number of para-hydroxylation sites is 1. The SMILES string of the molecule is CC(C)CC1CSC(Nc2cnc3ccccc3c2)=N1. The first-order chi connectivity index (χ1) is 9.70. The van der Waals surface area contributed by atoms with Crippen LogP contribution in [-0.4, -0.2) is 21.9 Å². The number of hydrogen-bond donors (Lipinski definition) is 1. The molecule has 0 fully saturated rings. The standard InChI is InChI=1S/C16H19N3S/c1-11(2)7-14-10-20-16(19-14)18-13-8-12-5-3-4-6-15(12)17-9-13/h3-6,8-9,11,14H,7,10H2,1-2H3,(H,18,19). The minimum absolute atomic E-state index is 0.455. The highest BCUT2D eigenvalue weighted by Crippen LogP contribution is 2.25. The highest BCUT2D eigenvalue weighted by atomic mass is 32.2. The van der Waals surface area contributed by atoms with E-state index >= 15 is 0 Å². The van der Waals surface area contributed by atoms with Crippen molar-refractivity contribution in [3.63, 3.8) is 0 Å². The monoisotopic (exact) mass is 285 g/mol. The van der Waals surface area contributed by atoms with Gasteiger partial charge in [-0.3, -0.25) is 9.98 Å². The van der Waals surface area contributed by atoms with Gasteiger partial charge in [-0.15, -0.1) is 0 Å². The Kier molecular flexibility index (Phi) is 3.92. The highest BCUT2D eigenvalue weighted by molar-refractivity contribution is 8.14. The van der Waals surface area contributed by atoms with Crippen LogP contribution in [0.5, 0.6) is 0 Å². The molecule has 0 spiro atoms. The molecule has 0 saturated heterocycles. The second kappa shape index (κ2) is 5.83. The van der Waals surface area contributed by atoms with Gasteiger partial charge >= 0.3 is 0 Å². The molecule has 0 bridgehead atoms. The number of benzene rings is 1. The van der Waals surface area contributed by atoms with Crippen LogP contribution in [0, 0.1) is 5.92 Å². The normalized spacial score (nSPS) is 18.6. The van der Waals surface area contributed by atoms with Crippen LogP contribution in [0.1, 0.15) is 20.3 Å². The molecule has 104 valence electrons. The molecular weight excluding hydrogens is 266 g/mol. The number of hydrogen-bond acceptors (Lipinski definition) is 4. The molecule has 3 rings (SSSR count). The molecule has 0 saturated carbocycles. The Morgan fingerprint density at radius 2 is 2.20 bits per heavy atom. The van der Waals surface area contributed by atoms with Gasteiger partial charge in [0, 0.05) is 11.1 Å². The number of aromatic nitrogens is 1. The summed E-state index contributed by atoms with van der Waals surface area (Å²) >= 11 is 1.80. The second-order valence-corrected chi connectivity index (χ2v) is 6.58. The molecule has 0 amide bonds. The third kappa shape index (κ3) is 3.12. The Morgan fingerprint density at radius 3 is 3.05 bits per heavy atom. The summed E-state index contributed by atoms with van der Waals surface area (Å²) < 4.78 is 0. The summed E-state index contributed by atoms with van der Waals surface area (Å²) in [4.78, 5) is 9.21. The smallest absolute Gasteiger partial charge is 0.161 e. The van der Waals surface area contributed by atoms with Crippen molar-refractivity contribution in [3.8, 4) is 0 Å². The Balaban J connectivity index is 1.73. The number of nitrogens with one attached hydrogen (secondary N) is 1. The van der Waals surface area contributed by atoms with Crippen molar-refractivity contribution in [3.05, 3.63) is 36.5 Å². The van der Waals surface area contributed by atoms with E-state index in [1.807, 2.05) is 24.4 Å².